The van der Waals surface area contributed by atoms with E-state index >= 15 is 0 Å². The Morgan fingerprint density at radius 3 is 2.17 bits per heavy atom. The molecule has 1 amide bonds. The highest BCUT2D eigenvalue weighted by Crippen LogP contribution is 2.22. The molecule has 0 fully saturated rings. The summed E-state index contributed by atoms with van der Waals surface area (Å²) in [4.78, 5) is 23.1. The Labute approximate surface area is 132 Å². The van der Waals surface area contributed by atoms with Crippen molar-refractivity contribution in [3.63, 3.8) is 0 Å². The number of amides is 1. The molecule has 1 atom stereocenters. The Balaban J connectivity index is 2.67. The van der Waals surface area contributed by atoms with Gasteiger partial charge in [0.25, 0.3) is 5.91 Å². The minimum absolute atomic E-state index is 0.0983. The first kappa shape index (κ1) is 19.0. The van der Waals surface area contributed by atoms with Crippen molar-refractivity contribution in [1.29, 1.82) is 0 Å². The molecule has 1 rings (SSSR count). The number of hydrogen-bond acceptors (Lipinski definition) is 2. The molecule has 2 N–H and O–H groups in total. The molecule has 0 heterocycles. The van der Waals surface area contributed by atoms with Gasteiger partial charge in [0, 0.05) is 12.0 Å². The van der Waals surface area contributed by atoms with Crippen molar-refractivity contribution in [2.45, 2.75) is 45.3 Å². The van der Waals surface area contributed by atoms with Crippen LogP contribution in [0.4, 0.5) is 13.2 Å². The van der Waals surface area contributed by atoms with E-state index in [-0.39, 0.29) is 17.9 Å². The van der Waals surface area contributed by atoms with Crippen molar-refractivity contribution in [1.82, 2.24) is 5.32 Å². The first-order chi connectivity index (χ1) is 10.6. The van der Waals surface area contributed by atoms with Crippen LogP contribution in [0.1, 0.15) is 42.6 Å². The first-order valence-corrected chi connectivity index (χ1v) is 7.28. The second-order valence-corrected chi connectivity index (χ2v) is 5.81. The molecule has 7 heteroatoms. The van der Waals surface area contributed by atoms with Gasteiger partial charge in [-0.3, -0.25) is 4.79 Å². The Morgan fingerprint density at radius 1 is 1.17 bits per heavy atom. The minimum Gasteiger partial charge on any atom is -0.480 e. The number of nitrogens with one attached hydrogen (secondary N) is 1. The Bertz CT molecular complexity index is 538. The average molecular weight is 331 g/mol. The fraction of sp³-hybridized carbons (Fsp3) is 0.500. The van der Waals surface area contributed by atoms with Gasteiger partial charge in [0.2, 0.25) is 0 Å². The van der Waals surface area contributed by atoms with Crippen LogP contribution < -0.4 is 5.32 Å². The zero-order chi connectivity index (χ0) is 17.6. The maximum absolute atomic E-state index is 12.2. The fourth-order valence-electron chi connectivity index (χ4n) is 2.04. The molecule has 0 bridgehead atoms. The molecule has 0 aliphatic rings. The maximum Gasteiger partial charge on any atom is 0.389 e. The quantitative estimate of drug-likeness (QED) is 0.804. The van der Waals surface area contributed by atoms with Crippen LogP contribution in [0.5, 0.6) is 0 Å². The molecule has 1 aromatic carbocycles. The summed E-state index contributed by atoms with van der Waals surface area (Å²) in [5.74, 6) is -1.57. The lowest BCUT2D eigenvalue weighted by Crippen LogP contribution is -2.41. The molecule has 1 aromatic rings. The Kier molecular flexibility index (Phi) is 6.60. The normalized spacial score (nSPS) is 13.0. The van der Waals surface area contributed by atoms with E-state index in [0.29, 0.717) is 12.0 Å². The van der Waals surface area contributed by atoms with Crippen LogP contribution in [0, 0.1) is 5.92 Å². The third-order valence-corrected chi connectivity index (χ3v) is 3.22. The molecule has 0 aliphatic heterocycles. The Hall–Kier alpha value is -2.05. The molecule has 4 nitrogen and oxygen atoms in total. The number of carboxylic acids is 1. The highest BCUT2D eigenvalue weighted by atomic mass is 19.4. The highest BCUT2D eigenvalue weighted by Gasteiger charge is 2.26. The molecular weight excluding hydrogens is 311 g/mol. The SMILES string of the molecule is CC(C)C[C@@H](NC(=O)c1ccc(CCC(F)(F)F)cc1)C(=O)O. The van der Waals surface area contributed by atoms with Gasteiger partial charge in [-0.1, -0.05) is 26.0 Å². The number of aliphatic carboxylic acids is 1. The lowest BCUT2D eigenvalue weighted by molar-refractivity contribution is -0.139. The number of halogens is 3. The van der Waals surface area contributed by atoms with E-state index in [1.807, 2.05) is 13.8 Å². The van der Waals surface area contributed by atoms with Gasteiger partial charge in [0.15, 0.2) is 0 Å². The van der Waals surface area contributed by atoms with Gasteiger partial charge in [0.1, 0.15) is 6.04 Å². The van der Waals surface area contributed by atoms with Crippen molar-refractivity contribution in [2.24, 2.45) is 5.92 Å². The molecule has 0 radical (unpaired) electrons. The summed E-state index contributed by atoms with van der Waals surface area (Å²) in [6.07, 6.45) is -5.00. The summed E-state index contributed by atoms with van der Waals surface area (Å²) in [7, 11) is 0. The van der Waals surface area contributed by atoms with Crippen LogP contribution in [0.15, 0.2) is 24.3 Å². The van der Waals surface area contributed by atoms with Gasteiger partial charge in [-0.15, -0.1) is 0 Å². The smallest absolute Gasteiger partial charge is 0.389 e. The van der Waals surface area contributed by atoms with E-state index in [0.717, 1.165) is 0 Å². The van der Waals surface area contributed by atoms with Gasteiger partial charge in [-0.2, -0.15) is 13.2 Å². The van der Waals surface area contributed by atoms with Gasteiger partial charge < -0.3 is 10.4 Å². The zero-order valence-corrected chi connectivity index (χ0v) is 13.0. The topological polar surface area (TPSA) is 66.4 Å². The van der Waals surface area contributed by atoms with E-state index in [9.17, 15) is 22.8 Å². The van der Waals surface area contributed by atoms with Gasteiger partial charge in [0.05, 0.1) is 0 Å². The number of aryl methyl sites for hydroxylation is 1. The fourth-order valence-corrected chi connectivity index (χ4v) is 2.04. The monoisotopic (exact) mass is 331 g/mol. The van der Waals surface area contributed by atoms with Crippen molar-refractivity contribution in [3.05, 3.63) is 35.4 Å². The van der Waals surface area contributed by atoms with E-state index in [2.05, 4.69) is 5.32 Å². The van der Waals surface area contributed by atoms with E-state index in [1.165, 1.54) is 24.3 Å². The molecule has 0 aromatic heterocycles. The van der Waals surface area contributed by atoms with Crippen LogP contribution in [0.3, 0.4) is 0 Å². The molecule has 0 saturated carbocycles. The summed E-state index contributed by atoms with van der Waals surface area (Å²) in [6, 6.07) is 4.69. The van der Waals surface area contributed by atoms with Crippen LogP contribution in [-0.2, 0) is 11.2 Å². The molecule has 23 heavy (non-hydrogen) atoms. The summed E-state index contributed by atoms with van der Waals surface area (Å²) < 4.78 is 36.5. The predicted octanol–water partition coefficient (Wildman–Crippen LogP) is 3.41. The first-order valence-electron chi connectivity index (χ1n) is 7.28. The number of carboxylic acid groups (broad SMARTS) is 1. The van der Waals surface area contributed by atoms with E-state index in [1.54, 1.807) is 0 Å². The summed E-state index contributed by atoms with van der Waals surface area (Å²) in [6.45, 7) is 3.69. The van der Waals surface area contributed by atoms with Crippen LogP contribution in [-0.4, -0.2) is 29.2 Å². The Morgan fingerprint density at radius 2 is 1.74 bits per heavy atom. The number of hydrogen-bond donors (Lipinski definition) is 2. The van der Waals surface area contributed by atoms with Crippen LogP contribution in [0.25, 0.3) is 0 Å². The molecule has 0 unspecified atom stereocenters. The number of rotatable bonds is 7. The number of carbonyl (C=O) groups is 2. The molecular formula is C16H20F3NO3. The average Bonchev–Trinajstić information content (AvgIpc) is 2.43. The largest absolute Gasteiger partial charge is 0.480 e. The van der Waals surface area contributed by atoms with E-state index < -0.39 is 30.5 Å². The third kappa shape index (κ3) is 7.17. The minimum atomic E-state index is -4.22. The van der Waals surface area contributed by atoms with Crippen molar-refractivity contribution < 1.29 is 27.9 Å². The number of benzene rings is 1. The molecule has 0 aliphatic carbocycles. The van der Waals surface area contributed by atoms with Crippen molar-refractivity contribution in [2.75, 3.05) is 0 Å². The summed E-state index contributed by atoms with van der Waals surface area (Å²) in [5.41, 5.74) is 0.687. The second kappa shape index (κ2) is 7.99. The lowest BCUT2D eigenvalue weighted by atomic mass is 10.0. The third-order valence-electron chi connectivity index (χ3n) is 3.22. The number of alkyl halides is 3. The van der Waals surface area contributed by atoms with Crippen LogP contribution >= 0.6 is 0 Å². The van der Waals surface area contributed by atoms with Crippen molar-refractivity contribution >= 4 is 11.9 Å². The summed E-state index contributed by atoms with van der Waals surface area (Å²) in [5, 5.41) is 11.5. The molecule has 128 valence electrons. The van der Waals surface area contributed by atoms with Crippen LogP contribution in [0.2, 0.25) is 0 Å². The highest BCUT2D eigenvalue weighted by molar-refractivity contribution is 5.96. The van der Waals surface area contributed by atoms with Gasteiger partial charge in [-0.25, -0.2) is 4.79 Å². The maximum atomic E-state index is 12.2. The zero-order valence-electron chi connectivity index (χ0n) is 13.0. The van der Waals surface area contributed by atoms with Gasteiger partial charge >= 0.3 is 12.1 Å². The van der Waals surface area contributed by atoms with E-state index in [4.69, 9.17) is 5.11 Å². The summed E-state index contributed by atoms with van der Waals surface area (Å²) >= 11 is 0. The molecule has 0 spiro atoms. The number of carbonyl (C=O) groups excluding carboxylic acids is 1. The van der Waals surface area contributed by atoms with Gasteiger partial charge in [-0.05, 0) is 36.5 Å². The lowest BCUT2D eigenvalue weighted by Gasteiger charge is -2.16. The standard InChI is InChI=1S/C16H20F3NO3/c1-10(2)9-13(15(22)23)20-14(21)12-5-3-11(4-6-12)7-8-16(17,18)19/h3-6,10,13H,7-9H2,1-2H3,(H,20,21)(H,22,23)/t13-/m1/s1. The predicted molar refractivity (Wildman–Crippen MR) is 79.2 cm³/mol. The second-order valence-electron chi connectivity index (χ2n) is 5.81. The van der Waals surface area contributed by atoms with Crippen molar-refractivity contribution in [3.8, 4) is 0 Å². The molecule has 0 saturated heterocycles.